The minimum Gasteiger partial charge on any atom is -0.362 e. The zero-order valence-corrected chi connectivity index (χ0v) is 9.74. The molecule has 0 bridgehead atoms. The molecule has 0 aliphatic heterocycles. The minimum atomic E-state index is 0.642. The Bertz CT molecular complexity index is 647. The van der Waals surface area contributed by atoms with Crippen LogP contribution >= 0.6 is 0 Å². The Morgan fingerprint density at radius 2 is 1.89 bits per heavy atom. The molecule has 3 rings (SSSR count). The van der Waals surface area contributed by atoms with Crippen molar-refractivity contribution < 1.29 is 0 Å². The number of nitrogens with one attached hydrogen (secondary N) is 1. The van der Waals surface area contributed by atoms with Gasteiger partial charge in [-0.2, -0.15) is 5.10 Å². The van der Waals surface area contributed by atoms with Crippen LogP contribution in [0.25, 0.3) is 10.8 Å². The van der Waals surface area contributed by atoms with Gasteiger partial charge in [0.15, 0.2) is 5.82 Å². The highest BCUT2D eigenvalue weighted by molar-refractivity contribution is 5.90. The minimum absolute atomic E-state index is 0.642. The summed E-state index contributed by atoms with van der Waals surface area (Å²) in [6.45, 7) is 0.642. The Morgan fingerprint density at radius 3 is 2.78 bits per heavy atom. The fraction of sp³-hybridized carbons (Fsp3) is 0.0714. The van der Waals surface area contributed by atoms with Gasteiger partial charge in [-0.3, -0.25) is 4.98 Å². The molecule has 88 valence electrons. The summed E-state index contributed by atoms with van der Waals surface area (Å²) in [4.78, 5) is 4.26. The number of fused-ring (bicyclic) bond motifs is 1. The van der Waals surface area contributed by atoms with Crippen molar-refractivity contribution >= 4 is 16.6 Å². The third-order valence-corrected chi connectivity index (χ3v) is 2.73. The summed E-state index contributed by atoms with van der Waals surface area (Å²) >= 11 is 0. The second kappa shape index (κ2) is 4.79. The van der Waals surface area contributed by atoms with Gasteiger partial charge in [-0.25, -0.2) is 0 Å². The molecule has 4 heteroatoms. The Labute approximate surface area is 105 Å². The van der Waals surface area contributed by atoms with Crippen molar-refractivity contribution in [3.63, 3.8) is 0 Å². The molecule has 0 atom stereocenters. The average Bonchev–Trinajstić information content (AvgIpc) is 2.46. The van der Waals surface area contributed by atoms with Crippen molar-refractivity contribution in [3.05, 3.63) is 60.6 Å². The topological polar surface area (TPSA) is 50.7 Å². The maximum Gasteiger partial charge on any atom is 0.156 e. The predicted molar refractivity (Wildman–Crippen MR) is 71.1 cm³/mol. The van der Waals surface area contributed by atoms with Gasteiger partial charge in [0, 0.05) is 17.0 Å². The molecule has 2 aromatic heterocycles. The van der Waals surface area contributed by atoms with Crippen LogP contribution in [-0.2, 0) is 6.54 Å². The van der Waals surface area contributed by atoms with Crippen LogP contribution in [0.3, 0.4) is 0 Å². The highest BCUT2D eigenvalue weighted by atomic mass is 15.2. The summed E-state index contributed by atoms with van der Waals surface area (Å²) in [6, 6.07) is 13.9. The standard InChI is InChI=1S/C14H12N4/c1-2-7-13-11(5-1)9-17-18-14(13)16-10-12-6-3-4-8-15-12/h1-9H,10H2,(H,16,18). The van der Waals surface area contributed by atoms with Crippen molar-refractivity contribution in [2.24, 2.45) is 0 Å². The second-order valence-corrected chi connectivity index (χ2v) is 3.96. The van der Waals surface area contributed by atoms with Gasteiger partial charge in [-0.15, -0.1) is 5.10 Å². The van der Waals surface area contributed by atoms with E-state index in [1.807, 2.05) is 42.5 Å². The highest BCUT2D eigenvalue weighted by Crippen LogP contribution is 2.19. The molecule has 1 aromatic carbocycles. The van der Waals surface area contributed by atoms with Gasteiger partial charge in [0.25, 0.3) is 0 Å². The van der Waals surface area contributed by atoms with Crippen molar-refractivity contribution in [1.29, 1.82) is 0 Å². The molecule has 4 nitrogen and oxygen atoms in total. The van der Waals surface area contributed by atoms with E-state index in [1.54, 1.807) is 12.4 Å². The number of anilines is 1. The van der Waals surface area contributed by atoms with Crippen LogP contribution in [0.5, 0.6) is 0 Å². The summed E-state index contributed by atoms with van der Waals surface area (Å²) in [5.41, 5.74) is 0.979. The SMILES string of the molecule is c1ccc(CNc2nncc3ccccc23)nc1. The number of hydrogen-bond acceptors (Lipinski definition) is 4. The zero-order valence-electron chi connectivity index (χ0n) is 9.74. The molecule has 2 heterocycles. The number of pyridine rings is 1. The zero-order chi connectivity index (χ0) is 12.2. The number of nitrogens with zero attached hydrogens (tertiary/aromatic N) is 3. The van der Waals surface area contributed by atoms with Crippen LogP contribution in [0, 0.1) is 0 Å². The van der Waals surface area contributed by atoms with Crippen LogP contribution in [0.4, 0.5) is 5.82 Å². The normalized spacial score (nSPS) is 10.4. The Kier molecular flexibility index (Phi) is 2.84. The molecule has 0 aliphatic carbocycles. The largest absolute Gasteiger partial charge is 0.362 e. The van der Waals surface area contributed by atoms with Crippen LogP contribution in [0.15, 0.2) is 54.9 Å². The maximum atomic E-state index is 4.26. The number of rotatable bonds is 3. The van der Waals surface area contributed by atoms with Gasteiger partial charge >= 0.3 is 0 Å². The number of aromatic nitrogens is 3. The first-order valence-corrected chi connectivity index (χ1v) is 5.78. The van der Waals surface area contributed by atoms with Crippen LogP contribution in [-0.4, -0.2) is 15.2 Å². The summed E-state index contributed by atoms with van der Waals surface area (Å²) in [5.74, 6) is 0.791. The van der Waals surface area contributed by atoms with Crippen molar-refractivity contribution in [2.75, 3.05) is 5.32 Å². The van der Waals surface area contributed by atoms with E-state index in [1.165, 1.54) is 0 Å². The van der Waals surface area contributed by atoms with Gasteiger partial charge in [0.05, 0.1) is 18.4 Å². The summed E-state index contributed by atoms with van der Waals surface area (Å²) in [7, 11) is 0. The molecule has 0 saturated heterocycles. The Morgan fingerprint density at radius 1 is 1.00 bits per heavy atom. The monoisotopic (exact) mass is 236 g/mol. The average molecular weight is 236 g/mol. The van der Waals surface area contributed by atoms with Gasteiger partial charge in [0.2, 0.25) is 0 Å². The molecular formula is C14H12N4. The van der Waals surface area contributed by atoms with E-state index in [2.05, 4.69) is 20.5 Å². The number of benzene rings is 1. The lowest BCUT2D eigenvalue weighted by molar-refractivity contribution is 0.990. The lowest BCUT2D eigenvalue weighted by Gasteiger charge is -2.07. The third-order valence-electron chi connectivity index (χ3n) is 2.73. The van der Waals surface area contributed by atoms with Gasteiger partial charge in [-0.05, 0) is 12.1 Å². The molecule has 0 saturated carbocycles. The van der Waals surface area contributed by atoms with Crippen LogP contribution in [0.1, 0.15) is 5.69 Å². The smallest absolute Gasteiger partial charge is 0.156 e. The van der Waals surface area contributed by atoms with E-state index >= 15 is 0 Å². The fourth-order valence-corrected chi connectivity index (χ4v) is 1.84. The summed E-state index contributed by atoms with van der Waals surface area (Å²) < 4.78 is 0. The molecule has 0 radical (unpaired) electrons. The van der Waals surface area contributed by atoms with E-state index in [0.29, 0.717) is 6.54 Å². The van der Waals surface area contributed by atoms with Crippen LogP contribution < -0.4 is 5.32 Å². The van der Waals surface area contributed by atoms with Gasteiger partial charge in [-0.1, -0.05) is 30.3 Å². The maximum absolute atomic E-state index is 4.26. The molecule has 0 unspecified atom stereocenters. The van der Waals surface area contributed by atoms with Gasteiger partial charge < -0.3 is 5.32 Å². The Balaban J connectivity index is 1.87. The van der Waals surface area contributed by atoms with Crippen molar-refractivity contribution in [3.8, 4) is 0 Å². The molecule has 0 aliphatic rings. The predicted octanol–water partition coefficient (Wildman–Crippen LogP) is 2.64. The lowest BCUT2D eigenvalue weighted by atomic mass is 10.2. The molecule has 0 amide bonds. The first-order valence-electron chi connectivity index (χ1n) is 5.78. The first-order chi connectivity index (χ1) is 8.93. The summed E-state index contributed by atoms with van der Waals surface area (Å²) in [6.07, 6.45) is 3.55. The molecule has 1 N–H and O–H groups in total. The lowest BCUT2D eigenvalue weighted by Crippen LogP contribution is -2.04. The van der Waals surface area contributed by atoms with E-state index in [-0.39, 0.29) is 0 Å². The van der Waals surface area contributed by atoms with E-state index in [9.17, 15) is 0 Å². The van der Waals surface area contributed by atoms with Crippen LogP contribution in [0.2, 0.25) is 0 Å². The summed E-state index contributed by atoms with van der Waals surface area (Å²) in [5, 5.41) is 13.5. The fourth-order valence-electron chi connectivity index (χ4n) is 1.84. The van der Waals surface area contributed by atoms with Gasteiger partial charge in [0.1, 0.15) is 0 Å². The molecule has 3 aromatic rings. The van der Waals surface area contributed by atoms with Crippen molar-refractivity contribution in [1.82, 2.24) is 15.2 Å². The van der Waals surface area contributed by atoms with Crippen molar-refractivity contribution in [2.45, 2.75) is 6.54 Å². The van der Waals surface area contributed by atoms with E-state index in [4.69, 9.17) is 0 Å². The third kappa shape index (κ3) is 2.13. The molecule has 0 fully saturated rings. The highest BCUT2D eigenvalue weighted by Gasteiger charge is 2.02. The Hall–Kier alpha value is -2.49. The molecule has 18 heavy (non-hydrogen) atoms. The second-order valence-electron chi connectivity index (χ2n) is 3.96. The van der Waals surface area contributed by atoms with E-state index in [0.717, 1.165) is 22.3 Å². The quantitative estimate of drug-likeness (QED) is 0.759. The molecule has 0 spiro atoms. The number of hydrogen-bond donors (Lipinski definition) is 1. The van der Waals surface area contributed by atoms with E-state index < -0.39 is 0 Å². The first kappa shape index (κ1) is 10.7. The molecular weight excluding hydrogens is 224 g/mol.